The van der Waals surface area contributed by atoms with Crippen LogP contribution in [-0.4, -0.2) is 50.7 Å². The van der Waals surface area contributed by atoms with Crippen molar-refractivity contribution in [3.63, 3.8) is 0 Å². The van der Waals surface area contributed by atoms with E-state index < -0.39 is 15.8 Å². The minimum atomic E-state index is -3.06. The Hall–Kier alpha value is -1.89. The Morgan fingerprint density at radius 2 is 1.91 bits per heavy atom. The van der Waals surface area contributed by atoms with Crippen molar-refractivity contribution in [1.29, 1.82) is 0 Å². The molecule has 1 aliphatic heterocycles. The summed E-state index contributed by atoms with van der Waals surface area (Å²) in [5.74, 6) is -0.687. The summed E-state index contributed by atoms with van der Waals surface area (Å²) < 4.78 is 22.9. The fourth-order valence-electron chi connectivity index (χ4n) is 2.56. The van der Waals surface area contributed by atoms with E-state index >= 15 is 0 Å². The highest BCUT2D eigenvalue weighted by molar-refractivity contribution is 7.91. The van der Waals surface area contributed by atoms with Gasteiger partial charge in [-0.05, 0) is 24.1 Å². The molecule has 1 atom stereocenters. The monoisotopic (exact) mass is 324 g/mol. The summed E-state index contributed by atoms with van der Waals surface area (Å²) >= 11 is 0. The Balaban J connectivity index is 1.98. The van der Waals surface area contributed by atoms with Gasteiger partial charge in [-0.3, -0.25) is 9.59 Å². The maximum absolute atomic E-state index is 12.3. The highest BCUT2D eigenvalue weighted by atomic mass is 32.2. The average Bonchev–Trinajstić information content (AvgIpc) is 2.86. The van der Waals surface area contributed by atoms with Gasteiger partial charge in [0.2, 0.25) is 5.91 Å². The van der Waals surface area contributed by atoms with Gasteiger partial charge in [-0.25, -0.2) is 8.42 Å². The van der Waals surface area contributed by atoms with Crippen molar-refractivity contribution in [3.8, 4) is 0 Å². The minimum absolute atomic E-state index is 0.0498. The lowest BCUT2D eigenvalue weighted by molar-refractivity contribution is -0.133. The van der Waals surface area contributed by atoms with Crippen LogP contribution in [0.25, 0.3) is 0 Å². The van der Waals surface area contributed by atoms with Crippen LogP contribution in [0.3, 0.4) is 0 Å². The number of carbonyl (C=O) groups excluding carboxylic acids is 2. The number of hydrogen-bond donors (Lipinski definition) is 1. The summed E-state index contributed by atoms with van der Waals surface area (Å²) in [5.41, 5.74) is 1.45. The summed E-state index contributed by atoms with van der Waals surface area (Å²) in [6.45, 7) is 0.392. The number of sulfone groups is 1. The van der Waals surface area contributed by atoms with Gasteiger partial charge in [-0.2, -0.15) is 0 Å². The first-order chi connectivity index (χ1) is 10.3. The van der Waals surface area contributed by atoms with Gasteiger partial charge < -0.3 is 10.2 Å². The van der Waals surface area contributed by atoms with E-state index in [1.165, 1.54) is 0 Å². The molecule has 6 nitrogen and oxygen atoms in total. The van der Waals surface area contributed by atoms with Gasteiger partial charge in [0, 0.05) is 26.2 Å². The fourth-order valence-corrected chi connectivity index (χ4v) is 4.29. The quantitative estimate of drug-likeness (QED) is 0.871. The molecule has 1 fully saturated rings. The van der Waals surface area contributed by atoms with Gasteiger partial charge >= 0.3 is 0 Å². The van der Waals surface area contributed by atoms with Crippen LogP contribution in [-0.2, 0) is 21.2 Å². The fraction of sp³-hybridized carbons (Fsp3) is 0.467. The van der Waals surface area contributed by atoms with Crippen molar-refractivity contribution < 1.29 is 18.0 Å². The summed E-state index contributed by atoms with van der Waals surface area (Å²) in [4.78, 5) is 25.3. The molecule has 1 aromatic rings. The van der Waals surface area contributed by atoms with E-state index in [2.05, 4.69) is 5.32 Å². The molecule has 1 N–H and O–H groups in total. The topological polar surface area (TPSA) is 83.6 Å². The van der Waals surface area contributed by atoms with E-state index in [9.17, 15) is 18.0 Å². The zero-order valence-corrected chi connectivity index (χ0v) is 13.5. The van der Waals surface area contributed by atoms with Crippen LogP contribution in [0.15, 0.2) is 24.3 Å². The molecule has 7 heteroatoms. The molecule has 1 aromatic carbocycles. The molecule has 0 aromatic heterocycles. The second-order valence-electron chi connectivity index (χ2n) is 5.57. The van der Waals surface area contributed by atoms with Crippen LogP contribution >= 0.6 is 0 Å². The normalized spacial score (nSPS) is 19.6. The molecule has 0 radical (unpaired) electrons. The number of hydrogen-bond acceptors (Lipinski definition) is 4. The summed E-state index contributed by atoms with van der Waals surface area (Å²) in [6.07, 6.45) is 0.404. The second kappa shape index (κ2) is 6.48. The molecule has 0 aliphatic carbocycles. The highest BCUT2D eigenvalue weighted by Gasteiger charge is 2.34. The second-order valence-corrected chi connectivity index (χ2v) is 7.80. The maximum atomic E-state index is 12.3. The van der Waals surface area contributed by atoms with Gasteiger partial charge in [0.1, 0.15) is 0 Å². The largest absolute Gasteiger partial charge is 0.355 e. The molecule has 1 saturated heterocycles. The number of nitrogens with zero attached hydrogens (tertiary/aromatic N) is 1. The number of rotatable bonds is 4. The molecular formula is C15H20N2O4S. The lowest BCUT2D eigenvalue weighted by atomic mass is 10.1. The first-order valence-electron chi connectivity index (χ1n) is 7.09. The molecule has 2 rings (SSSR count). The molecule has 22 heavy (non-hydrogen) atoms. The number of amides is 2. The molecule has 0 bridgehead atoms. The molecule has 1 aliphatic rings. The zero-order chi connectivity index (χ0) is 16.3. The maximum Gasteiger partial charge on any atom is 0.251 e. The molecular weight excluding hydrogens is 304 g/mol. The van der Waals surface area contributed by atoms with E-state index in [1.54, 1.807) is 43.3 Å². The van der Waals surface area contributed by atoms with Crippen molar-refractivity contribution in [2.24, 2.45) is 5.92 Å². The van der Waals surface area contributed by atoms with Gasteiger partial charge in [0.05, 0.1) is 17.4 Å². The summed E-state index contributed by atoms with van der Waals surface area (Å²) in [7, 11) is 0.178. The lowest BCUT2D eigenvalue weighted by Crippen LogP contribution is -2.33. The third-order valence-corrected chi connectivity index (χ3v) is 5.59. The smallest absolute Gasteiger partial charge is 0.251 e. The molecule has 120 valence electrons. The van der Waals surface area contributed by atoms with Crippen molar-refractivity contribution in [1.82, 2.24) is 10.2 Å². The first kappa shape index (κ1) is 16.5. The van der Waals surface area contributed by atoms with Crippen LogP contribution in [0.2, 0.25) is 0 Å². The van der Waals surface area contributed by atoms with E-state index in [4.69, 9.17) is 0 Å². The van der Waals surface area contributed by atoms with Crippen LogP contribution in [0.4, 0.5) is 0 Å². The summed E-state index contributed by atoms with van der Waals surface area (Å²) in [5, 5.41) is 2.54. The van der Waals surface area contributed by atoms with Gasteiger partial charge in [-0.15, -0.1) is 0 Å². The Kier molecular flexibility index (Phi) is 4.85. The third-order valence-electron chi connectivity index (χ3n) is 3.82. The first-order valence-corrected chi connectivity index (χ1v) is 8.91. The van der Waals surface area contributed by atoms with Crippen LogP contribution < -0.4 is 5.32 Å². The average molecular weight is 324 g/mol. The predicted molar refractivity (Wildman–Crippen MR) is 83.1 cm³/mol. The zero-order valence-electron chi connectivity index (χ0n) is 12.7. The van der Waals surface area contributed by atoms with E-state index in [0.29, 0.717) is 18.5 Å². The van der Waals surface area contributed by atoms with E-state index in [0.717, 1.165) is 5.56 Å². The molecule has 0 unspecified atom stereocenters. The van der Waals surface area contributed by atoms with Gasteiger partial charge in [-0.1, -0.05) is 12.1 Å². The predicted octanol–water partition coefficient (Wildman–Crippen LogP) is 0.439. The number of benzene rings is 1. The number of carbonyl (C=O) groups is 2. The summed E-state index contributed by atoms with van der Waals surface area (Å²) in [6, 6.07) is 6.98. The van der Waals surface area contributed by atoms with Crippen LogP contribution in [0.1, 0.15) is 22.3 Å². The third kappa shape index (κ3) is 3.85. The minimum Gasteiger partial charge on any atom is -0.355 e. The molecule has 0 spiro atoms. The van der Waals surface area contributed by atoms with Crippen molar-refractivity contribution >= 4 is 21.7 Å². The lowest BCUT2D eigenvalue weighted by Gasteiger charge is -2.20. The molecule has 2 amide bonds. The Labute approximate surface area is 130 Å². The molecule has 0 saturated carbocycles. The van der Waals surface area contributed by atoms with Crippen molar-refractivity contribution in [3.05, 3.63) is 35.4 Å². The Morgan fingerprint density at radius 3 is 2.41 bits per heavy atom. The van der Waals surface area contributed by atoms with Crippen molar-refractivity contribution in [2.45, 2.75) is 13.0 Å². The van der Waals surface area contributed by atoms with Crippen LogP contribution in [0.5, 0.6) is 0 Å². The van der Waals surface area contributed by atoms with Gasteiger partial charge in [0.15, 0.2) is 9.84 Å². The standard InChI is InChI=1S/C15H20N2O4S/c1-16-14(18)12-5-3-11(4-6-12)9-17(2)15(19)13-7-8-22(20,21)10-13/h3-6,13H,7-10H2,1-2H3,(H,16,18)/t13-/m0/s1. The van der Waals surface area contributed by atoms with Crippen molar-refractivity contribution in [2.75, 3.05) is 25.6 Å². The highest BCUT2D eigenvalue weighted by Crippen LogP contribution is 2.21. The SMILES string of the molecule is CNC(=O)c1ccc(CN(C)C(=O)[C@H]2CCS(=O)(=O)C2)cc1. The van der Waals surface area contributed by atoms with Gasteiger partial charge in [0.25, 0.3) is 5.91 Å². The Morgan fingerprint density at radius 1 is 1.27 bits per heavy atom. The van der Waals surface area contributed by atoms with Crippen LogP contribution in [0, 0.1) is 5.92 Å². The number of nitrogens with one attached hydrogen (secondary N) is 1. The Bertz CT molecular complexity index is 667. The van der Waals surface area contributed by atoms with E-state index in [-0.39, 0.29) is 23.3 Å². The molecule has 1 heterocycles. The van der Waals surface area contributed by atoms with E-state index in [1.807, 2.05) is 0 Å².